The summed E-state index contributed by atoms with van der Waals surface area (Å²) >= 11 is 0. The molecule has 26 heavy (non-hydrogen) atoms. The van der Waals surface area contributed by atoms with E-state index in [2.05, 4.69) is 23.1 Å². The van der Waals surface area contributed by atoms with E-state index in [9.17, 15) is 14.4 Å². The van der Waals surface area contributed by atoms with Gasteiger partial charge >= 0.3 is 0 Å². The lowest BCUT2D eigenvalue weighted by molar-refractivity contribution is -0.129. The van der Waals surface area contributed by atoms with Gasteiger partial charge < -0.3 is 14.5 Å². The van der Waals surface area contributed by atoms with Crippen molar-refractivity contribution in [2.24, 2.45) is 0 Å². The van der Waals surface area contributed by atoms with Crippen LogP contribution in [0.3, 0.4) is 0 Å². The molecule has 2 aromatic rings. The molecule has 0 radical (unpaired) electrons. The fraction of sp³-hybridized carbons (Fsp3) is 0.278. The largest absolute Gasteiger partial charge is 0.484 e. The predicted octanol–water partition coefficient (Wildman–Crippen LogP) is 1.19. The van der Waals surface area contributed by atoms with Crippen molar-refractivity contribution in [2.75, 3.05) is 13.2 Å². The summed E-state index contributed by atoms with van der Waals surface area (Å²) in [6, 6.07) is 10.5. The van der Waals surface area contributed by atoms with Crippen molar-refractivity contribution in [1.29, 1.82) is 0 Å². The number of benzene rings is 1. The highest BCUT2D eigenvalue weighted by atomic mass is 16.5. The Labute approximate surface area is 150 Å². The minimum Gasteiger partial charge on any atom is -0.484 e. The van der Waals surface area contributed by atoms with Gasteiger partial charge in [-0.15, -0.1) is 0 Å². The van der Waals surface area contributed by atoms with E-state index < -0.39 is 17.7 Å². The first-order valence-electron chi connectivity index (χ1n) is 8.19. The molecule has 8 heteroatoms. The van der Waals surface area contributed by atoms with Crippen molar-refractivity contribution in [3.63, 3.8) is 0 Å². The first-order valence-corrected chi connectivity index (χ1v) is 8.19. The van der Waals surface area contributed by atoms with Crippen LogP contribution in [0.2, 0.25) is 0 Å². The highest BCUT2D eigenvalue weighted by Gasteiger charge is 2.09. The molecule has 0 atom stereocenters. The van der Waals surface area contributed by atoms with Gasteiger partial charge in [0.2, 0.25) is 5.91 Å². The molecule has 1 heterocycles. The van der Waals surface area contributed by atoms with Crippen LogP contribution in [0, 0.1) is 0 Å². The number of amides is 3. The van der Waals surface area contributed by atoms with Gasteiger partial charge in [0, 0.05) is 13.0 Å². The maximum absolute atomic E-state index is 11.6. The Morgan fingerprint density at radius 3 is 2.42 bits per heavy atom. The minimum atomic E-state index is -0.488. The quantitative estimate of drug-likeness (QED) is 0.613. The summed E-state index contributed by atoms with van der Waals surface area (Å²) in [5.74, 6) is -0.593. The Balaban J connectivity index is 1.59. The number of hydrogen-bond acceptors (Lipinski definition) is 5. The molecule has 0 aliphatic rings. The van der Waals surface area contributed by atoms with Crippen LogP contribution in [0.4, 0.5) is 0 Å². The molecular weight excluding hydrogens is 338 g/mol. The average molecular weight is 359 g/mol. The van der Waals surface area contributed by atoms with Gasteiger partial charge in [-0.05, 0) is 36.2 Å². The molecule has 0 aliphatic heterocycles. The van der Waals surface area contributed by atoms with Crippen LogP contribution >= 0.6 is 0 Å². The number of rotatable bonds is 8. The normalized spacial score (nSPS) is 10.0. The highest BCUT2D eigenvalue weighted by molar-refractivity contribution is 5.91. The van der Waals surface area contributed by atoms with Gasteiger partial charge in [-0.25, -0.2) is 0 Å². The molecule has 1 aromatic heterocycles. The van der Waals surface area contributed by atoms with Crippen LogP contribution in [0.1, 0.15) is 29.5 Å². The van der Waals surface area contributed by atoms with Crippen molar-refractivity contribution >= 4 is 17.7 Å². The van der Waals surface area contributed by atoms with Crippen LogP contribution in [0.15, 0.2) is 47.1 Å². The van der Waals surface area contributed by atoms with Gasteiger partial charge in [0.25, 0.3) is 11.8 Å². The van der Waals surface area contributed by atoms with E-state index in [1.807, 2.05) is 12.1 Å². The molecule has 3 amide bonds. The molecule has 138 valence electrons. The number of furan rings is 1. The number of carbonyl (C=O) groups is 3. The van der Waals surface area contributed by atoms with E-state index in [0.717, 1.165) is 6.42 Å². The zero-order chi connectivity index (χ0) is 18.8. The number of hydrogen-bond donors (Lipinski definition) is 3. The van der Waals surface area contributed by atoms with Crippen LogP contribution in [0.25, 0.3) is 0 Å². The molecule has 0 unspecified atom stereocenters. The zero-order valence-electron chi connectivity index (χ0n) is 14.4. The van der Waals surface area contributed by atoms with Crippen LogP contribution < -0.4 is 20.9 Å². The van der Waals surface area contributed by atoms with E-state index in [4.69, 9.17) is 9.15 Å². The minimum absolute atomic E-state index is 0.00602. The average Bonchev–Trinajstić information content (AvgIpc) is 3.20. The lowest BCUT2D eigenvalue weighted by Gasteiger charge is -2.09. The van der Waals surface area contributed by atoms with Crippen molar-refractivity contribution in [2.45, 2.75) is 19.8 Å². The Morgan fingerprint density at radius 2 is 1.77 bits per heavy atom. The monoisotopic (exact) mass is 359 g/mol. The summed E-state index contributed by atoms with van der Waals surface area (Å²) in [5.41, 5.74) is 5.67. The Morgan fingerprint density at radius 1 is 1.04 bits per heavy atom. The standard InChI is InChI=1S/C18H21N3O5/c1-2-13-5-7-14(8-6-13)26-12-17(23)21-20-16(22)9-10-19-18(24)15-4-3-11-25-15/h3-8,11H,2,9-10,12H2,1H3,(H,19,24)(H,20,22)(H,21,23). The van der Waals surface area contributed by atoms with Gasteiger partial charge in [-0.2, -0.15) is 0 Å². The number of carbonyl (C=O) groups excluding carboxylic acids is 3. The highest BCUT2D eigenvalue weighted by Crippen LogP contribution is 2.12. The van der Waals surface area contributed by atoms with E-state index in [0.29, 0.717) is 5.75 Å². The van der Waals surface area contributed by atoms with Gasteiger partial charge in [0.05, 0.1) is 6.26 Å². The molecule has 0 fully saturated rings. The second-order valence-corrected chi connectivity index (χ2v) is 5.37. The lowest BCUT2D eigenvalue weighted by atomic mass is 10.2. The second-order valence-electron chi connectivity index (χ2n) is 5.37. The molecule has 1 aromatic carbocycles. The fourth-order valence-electron chi connectivity index (χ4n) is 1.99. The molecule has 0 aliphatic carbocycles. The third-order valence-corrected chi connectivity index (χ3v) is 3.43. The zero-order valence-corrected chi connectivity index (χ0v) is 14.4. The second kappa shape index (κ2) is 9.87. The van der Waals surface area contributed by atoms with Crippen LogP contribution in [-0.2, 0) is 16.0 Å². The maximum Gasteiger partial charge on any atom is 0.286 e. The van der Waals surface area contributed by atoms with Crippen molar-refractivity contribution in [3.05, 3.63) is 54.0 Å². The number of aryl methyl sites for hydroxylation is 1. The molecule has 3 N–H and O–H groups in total. The van der Waals surface area contributed by atoms with Crippen molar-refractivity contribution in [3.8, 4) is 5.75 Å². The van der Waals surface area contributed by atoms with E-state index >= 15 is 0 Å². The fourth-order valence-corrected chi connectivity index (χ4v) is 1.99. The third-order valence-electron chi connectivity index (χ3n) is 3.43. The summed E-state index contributed by atoms with van der Waals surface area (Å²) in [4.78, 5) is 34.9. The Bertz CT molecular complexity index is 726. The van der Waals surface area contributed by atoms with Crippen molar-refractivity contribution in [1.82, 2.24) is 16.2 Å². The number of ether oxygens (including phenoxy) is 1. The SMILES string of the molecule is CCc1ccc(OCC(=O)NNC(=O)CCNC(=O)c2ccco2)cc1. The summed E-state index contributed by atoms with van der Waals surface area (Å²) in [7, 11) is 0. The van der Waals surface area contributed by atoms with Gasteiger partial charge in [0.15, 0.2) is 12.4 Å². The van der Waals surface area contributed by atoms with E-state index in [1.165, 1.54) is 17.9 Å². The molecule has 0 spiro atoms. The Hall–Kier alpha value is -3.29. The summed E-state index contributed by atoms with van der Waals surface area (Å²) in [6.07, 6.45) is 2.32. The lowest BCUT2D eigenvalue weighted by Crippen LogP contribution is -2.44. The molecule has 0 bridgehead atoms. The third kappa shape index (κ3) is 6.31. The molecule has 8 nitrogen and oxygen atoms in total. The van der Waals surface area contributed by atoms with Crippen LogP contribution in [-0.4, -0.2) is 30.9 Å². The Kier molecular flexibility index (Phi) is 7.23. The molecule has 2 rings (SSSR count). The molecule has 0 saturated carbocycles. The molecular formula is C18H21N3O5. The first-order chi connectivity index (χ1) is 12.6. The van der Waals surface area contributed by atoms with E-state index in [1.54, 1.807) is 18.2 Å². The predicted molar refractivity (Wildman–Crippen MR) is 93.3 cm³/mol. The summed E-state index contributed by atoms with van der Waals surface area (Å²) < 4.78 is 10.2. The van der Waals surface area contributed by atoms with Gasteiger partial charge in [0.1, 0.15) is 5.75 Å². The van der Waals surface area contributed by atoms with Gasteiger partial charge in [-0.1, -0.05) is 19.1 Å². The maximum atomic E-state index is 11.6. The summed E-state index contributed by atoms with van der Waals surface area (Å²) in [5, 5.41) is 2.53. The molecule has 0 saturated heterocycles. The van der Waals surface area contributed by atoms with Crippen LogP contribution in [0.5, 0.6) is 5.75 Å². The number of hydrazine groups is 1. The topological polar surface area (TPSA) is 110 Å². The number of nitrogens with one attached hydrogen (secondary N) is 3. The van der Waals surface area contributed by atoms with E-state index in [-0.39, 0.29) is 25.3 Å². The van der Waals surface area contributed by atoms with Crippen molar-refractivity contribution < 1.29 is 23.5 Å². The smallest absolute Gasteiger partial charge is 0.286 e. The summed E-state index contributed by atoms with van der Waals surface area (Å²) in [6.45, 7) is 1.94. The van der Waals surface area contributed by atoms with Gasteiger partial charge in [-0.3, -0.25) is 25.2 Å². The first kappa shape index (κ1) is 19.0.